The lowest BCUT2D eigenvalue weighted by Gasteiger charge is -2.24. The zero-order valence-electron chi connectivity index (χ0n) is 19.8. The van der Waals surface area contributed by atoms with Crippen LogP contribution in [0.3, 0.4) is 0 Å². The van der Waals surface area contributed by atoms with E-state index in [1.165, 1.54) is 6.92 Å². The number of fused-ring (bicyclic) bond motifs is 1. The number of nitrogens with one attached hydrogen (secondary N) is 1. The number of aliphatic hydroxyl groups is 1. The molecular weight excluding hydrogens is 436 g/mol. The minimum Gasteiger partial charge on any atom is -0.480 e. The standard InChI is InChI=1S/C25H32N4O5/c1-15-9-19(13-28(3)24(15)31)23-27-20-7-6-17(11-26-22(16(2)30)25(32)33)10-21(20)29(23)12-18-5-4-8-34-14-18/h6-7,9-10,13,16,18,22,26,30H,4-5,8,11-12,14H2,1-3H3,(H,32,33)/t16-,18?,22+/m1/s1. The number of ether oxygens (including phenoxy) is 1. The number of rotatable bonds is 8. The lowest BCUT2D eigenvalue weighted by molar-refractivity contribution is -0.142. The molecule has 1 aromatic carbocycles. The first kappa shape index (κ1) is 24.1. The van der Waals surface area contributed by atoms with Gasteiger partial charge in [0, 0.05) is 50.0 Å². The molecule has 0 spiro atoms. The predicted molar refractivity (Wildman–Crippen MR) is 129 cm³/mol. The Labute approximate surface area is 198 Å². The number of imidazole rings is 1. The minimum absolute atomic E-state index is 0.0356. The number of carbonyl (C=O) groups is 1. The van der Waals surface area contributed by atoms with Gasteiger partial charge in [-0.15, -0.1) is 0 Å². The quantitative estimate of drug-likeness (QED) is 0.463. The Morgan fingerprint density at radius 1 is 1.35 bits per heavy atom. The van der Waals surface area contributed by atoms with Crippen molar-refractivity contribution < 1.29 is 19.7 Å². The minimum atomic E-state index is -1.09. The maximum absolute atomic E-state index is 12.2. The molecule has 1 aliphatic heterocycles. The van der Waals surface area contributed by atoms with Gasteiger partial charge in [0.05, 0.1) is 23.7 Å². The van der Waals surface area contributed by atoms with E-state index in [1.807, 2.05) is 30.5 Å². The summed E-state index contributed by atoms with van der Waals surface area (Å²) in [6.07, 6.45) is 2.89. The SMILES string of the molecule is Cc1cc(-c2nc3ccc(CN[C@H](C(=O)O)[C@@H](C)O)cc3n2CC2CCCOC2)cn(C)c1=O. The number of carboxylic acid groups (broad SMARTS) is 1. The molecule has 0 aliphatic carbocycles. The molecule has 1 fully saturated rings. The van der Waals surface area contributed by atoms with E-state index in [1.54, 1.807) is 18.5 Å². The van der Waals surface area contributed by atoms with E-state index in [0.717, 1.165) is 54.0 Å². The van der Waals surface area contributed by atoms with Crippen LogP contribution in [0.15, 0.2) is 35.3 Å². The number of aromatic nitrogens is 3. The third-order valence-corrected chi connectivity index (χ3v) is 6.40. The Balaban J connectivity index is 1.75. The summed E-state index contributed by atoms with van der Waals surface area (Å²) in [5.41, 5.74) is 4.15. The van der Waals surface area contributed by atoms with Crippen LogP contribution < -0.4 is 10.9 Å². The highest BCUT2D eigenvalue weighted by Gasteiger charge is 2.23. The van der Waals surface area contributed by atoms with Gasteiger partial charge in [-0.05, 0) is 50.5 Å². The largest absolute Gasteiger partial charge is 0.480 e. The van der Waals surface area contributed by atoms with Gasteiger partial charge in [-0.1, -0.05) is 6.07 Å². The normalized spacial score (nSPS) is 18.2. The van der Waals surface area contributed by atoms with Crippen LogP contribution in [0.4, 0.5) is 0 Å². The van der Waals surface area contributed by atoms with Crippen LogP contribution in [0.25, 0.3) is 22.4 Å². The van der Waals surface area contributed by atoms with Crippen molar-refractivity contribution in [3.05, 3.63) is 51.9 Å². The monoisotopic (exact) mass is 468 g/mol. The van der Waals surface area contributed by atoms with E-state index in [4.69, 9.17) is 9.72 Å². The number of nitrogens with zero attached hydrogens (tertiary/aromatic N) is 3. The van der Waals surface area contributed by atoms with Crippen LogP contribution in [0.1, 0.15) is 30.9 Å². The van der Waals surface area contributed by atoms with Crippen molar-refractivity contribution in [1.82, 2.24) is 19.4 Å². The highest BCUT2D eigenvalue weighted by Crippen LogP contribution is 2.28. The molecule has 3 N–H and O–H groups in total. The summed E-state index contributed by atoms with van der Waals surface area (Å²) >= 11 is 0. The second-order valence-electron chi connectivity index (χ2n) is 9.22. The van der Waals surface area contributed by atoms with Gasteiger partial charge >= 0.3 is 5.97 Å². The first-order valence-electron chi connectivity index (χ1n) is 11.6. The van der Waals surface area contributed by atoms with Crippen LogP contribution in [0.2, 0.25) is 0 Å². The molecule has 1 saturated heterocycles. The number of benzene rings is 1. The number of pyridine rings is 1. The molecule has 182 valence electrons. The Bertz CT molecular complexity index is 1210. The highest BCUT2D eigenvalue weighted by atomic mass is 16.5. The van der Waals surface area contributed by atoms with Crippen molar-refractivity contribution in [2.45, 2.75) is 51.9 Å². The van der Waals surface area contributed by atoms with Gasteiger partial charge in [0.2, 0.25) is 0 Å². The Morgan fingerprint density at radius 2 is 2.15 bits per heavy atom. The lowest BCUT2D eigenvalue weighted by Crippen LogP contribution is -2.44. The molecular formula is C25H32N4O5. The molecule has 34 heavy (non-hydrogen) atoms. The van der Waals surface area contributed by atoms with Crippen molar-refractivity contribution in [2.75, 3.05) is 13.2 Å². The van der Waals surface area contributed by atoms with Gasteiger partial charge in [0.15, 0.2) is 0 Å². The van der Waals surface area contributed by atoms with E-state index < -0.39 is 18.1 Å². The van der Waals surface area contributed by atoms with Crippen molar-refractivity contribution in [2.24, 2.45) is 13.0 Å². The summed E-state index contributed by atoms with van der Waals surface area (Å²) in [5.74, 6) is 0.0504. The zero-order valence-corrected chi connectivity index (χ0v) is 19.8. The number of aliphatic carboxylic acids is 1. The van der Waals surface area contributed by atoms with Crippen molar-refractivity contribution in [1.29, 1.82) is 0 Å². The summed E-state index contributed by atoms with van der Waals surface area (Å²) in [4.78, 5) is 28.6. The summed E-state index contributed by atoms with van der Waals surface area (Å²) < 4.78 is 9.47. The molecule has 2 aromatic heterocycles. The van der Waals surface area contributed by atoms with Crippen molar-refractivity contribution in [3.63, 3.8) is 0 Å². The van der Waals surface area contributed by atoms with Crippen LogP contribution in [-0.2, 0) is 29.7 Å². The van der Waals surface area contributed by atoms with Gasteiger partial charge in [0.25, 0.3) is 5.56 Å². The number of hydrogen-bond donors (Lipinski definition) is 3. The maximum Gasteiger partial charge on any atom is 0.323 e. The van der Waals surface area contributed by atoms with Gasteiger partial charge in [0.1, 0.15) is 11.9 Å². The average Bonchev–Trinajstić information content (AvgIpc) is 3.15. The fourth-order valence-electron chi connectivity index (χ4n) is 4.59. The second kappa shape index (κ2) is 10.1. The molecule has 9 heteroatoms. The average molecular weight is 469 g/mol. The molecule has 0 bridgehead atoms. The first-order valence-corrected chi connectivity index (χ1v) is 11.6. The molecule has 9 nitrogen and oxygen atoms in total. The number of aryl methyl sites for hydroxylation is 2. The Kier molecular flexibility index (Phi) is 7.16. The fourth-order valence-corrected chi connectivity index (χ4v) is 4.59. The first-order chi connectivity index (χ1) is 16.2. The fraction of sp³-hybridized carbons (Fsp3) is 0.480. The smallest absolute Gasteiger partial charge is 0.323 e. The van der Waals surface area contributed by atoms with Crippen LogP contribution in [0, 0.1) is 12.8 Å². The van der Waals surface area contributed by atoms with Crippen molar-refractivity contribution in [3.8, 4) is 11.4 Å². The third kappa shape index (κ3) is 5.06. The van der Waals surface area contributed by atoms with Gasteiger partial charge in [-0.25, -0.2) is 4.98 Å². The van der Waals surface area contributed by atoms with E-state index in [0.29, 0.717) is 24.6 Å². The Morgan fingerprint density at radius 3 is 2.79 bits per heavy atom. The van der Waals surface area contributed by atoms with Crippen LogP contribution in [-0.4, -0.2) is 55.7 Å². The summed E-state index contributed by atoms with van der Waals surface area (Å²) in [7, 11) is 1.74. The summed E-state index contributed by atoms with van der Waals surface area (Å²) in [6.45, 7) is 5.77. The molecule has 3 heterocycles. The van der Waals surface area contributed by atoms with Crippen LogP contribution in [0.5, 0.6) is 0 Å². The maximum atomic E-state index is 12.2. The highest BCUT2D eigenvalue weighted by molar-refractivity contribution is 5.81. The molecule has 0 saturated carbocycles. The molecule has 1 unspecified atom stereocenters. The molecule has 0 amide bonds. The van der Waals surface area contributed by atoms with E-state index in [2.05, 4.69) is 9.88 Å². The van der Waals surface area contributed by atoms with Crippen LogP contribution >= 0.6 is 0 Å². The molecule has 3 aromatic rings. The van der Waals surface area contributed by atoms with Gasteiger partial charge in [-0.2, -0.15) is 0 Å². The molecule has 0 radical (unpaired) electrons. The van der Waals surface area contributed by atoms with E-state index >= 15 is 0 Å². The third-order valence-electron chi connectivity index (χ3n) is 6.40. The summed E-state index contributed by atoms with van der Waals surface area (Å²) in [5, 5.41) is 22.0. The second-order valence-corrected chi connectivity index (χ2v) is 9.22. The number of carboxylic acids is 1. The lowest BCUT2D eigenvalue weighted by atomic mass is 10.0. The van der Waals surface area contributed by atoms with Gasteiger partial charge < -0.3 is 24.1 Å². The molecule has 3 atom stereocenters. The Hall–Kier alpha value is -3.01. The predicted octanol–water partition coefficient (Wildman–Crippen LogP) is 2.06. The van der Waals surface area contributed by atoms with Gasteiger partial charge in [-0.3, -0.25) is 14.9 Å². The topological polar surface area (TPSA) is 119 Å². The summed E-state index contributed by atoms with van der Waals surface area (Å²) in [6, 6.07) is 6.67. The number of hydrogen-bond acceptors (Lipinski definition) is 6. The number of aliphatic hydroxyl groups excluding tert-OH is 1. The molecule has 1 aliphatic rings. The molecule has 4 rings (SSSR count). The van der Waals surface area contributed by atoms with Crippen molar-refractivity contribution >= 4 is 17.0 Å². The zero-order chi connectivity index (χ0) is 24.4. The van der Waals surface area contributed by atoms with E-state index in [9.17, 15) is 19.8 Å². The van der Waals surface area contributed by atoms with E-state index in [-0.39, 0.29) is 5.56 Å².